The van der Waals surface area contributed by atoms with Crippen LogP contribution in [0.2, 0.25) is 5.02 Å². The molecule has 0 saturated heterocycles. The highest BCUT2D eigenvalue weighted by molar-refractivity contribution is 7.18. The lowest BCUT2D eigenvalue weighted by atomic mass is 10.0. The van der Waals surface area contributed by atoms with Crippen molar-refractivity contribution in [3.8, 4) is 11.6 Å². The number of ether oxygens (including phenoxy) is 1. The van der Waals surface area contributed by atoms with Gasteiger partial charge in [-0.15, -0.1) is 11.3 Å². The second kappa shape index (κ2) is 8.84. The molecular formula is C22H23ClN2O2S. The van der Waals surface area contributed by atoms with E-state index in [-0.39, 0.29) is 11.7 Å². The average Bonchev–Trinajstić information content (AvgIpc) is 3.04. The van der Waals surface area contributed by atoms with Crippen molar-refractivity contribution in [3.05, 3.63) is 52.1 Å². The molecule has 0 amide bonds. The van der Waals surface area contributed by atoms with E-state index in [1.165, 1.54) is 0 Å². The predicted molar refractivity (Wildman–Crippen MR) is 117 cm³/mol. The van der Waals surface area contributed by atoms with Gasteiger partial charge < -0.3 is 9.53 Å². The van der Waals surface area contributed by atoms with E-state index in [0.29, 0.717) is 29.0 Å². The van der Waals surface area contributed by atoms with Crippen molar-refractivity contribution in [2.45, 2.75) is 40.0 Å². The SMILES string of the molecule is CC(=O)C[C@@H](C)/C=C/c1ccc(Oc2cc3sc(C(C)C)nc3cc2Cl)nc1. The molecule has 2 heterocycles. The third kappa shape index (κ3) is 5.18. The van der Waals surface area contributed by atoms with Gasteiger partial charge in [-0.3, -0.25) is 0 Å². The lowest BCUT2D eigenvalue weighted by Gasteiger charge is -2.07. The summed E-state index contributed by atoms with van der Waals surface area (Å²) in [4.78, 5) is 20.1. The second-order valence-corrected chi connectivity index (χ2v) is 8.70. The molecule has 6 heteroatoms. The molecule has 0 spiro atoms. The Hall–Kier alpha value is -2.24. The van der Waals surface area contributed by atoms with Gasteiger partial charge in [-0.25, -0.2) is 9.97 Å². The molecule has 2 aromatic heterocycles. The molecule has 0 unspecified atom stereocenters. The van der Waals surface area contributed by atoms with Gasteiger partial charge in [0.2, 0.25) is 5.88 Å². The number of benzene rings is 1. The minimum absolute atomic E-state index is 0.189. The number of fused-ring (bicyclic) bond motifs is 1. The van der Waals surface area contributed by atoms with Crippen LogP contribution < -0.4 is 4.74 Å². The maximum absolute atomic E-state index is 11.2. The summed E-state index contributed by atoms with van der Waals surface area (Å²) in [5.74, 6) is 1.81. The van der Waals surface area contributed by atoms with Crippen LogP contribution in [0.5, 0.6) is 11.6 Å². The minimum Gasteiger partial charge on any atom is -0.437 e. The third-order valence-electron chi connectivity index (χ3n) is 4.15. The monoisotopic (exact) mass is 414 g/mol. The molecule has 1 atom stereocenters. The number of carbonyl (C=O) groups is 1. The first-order valence-electron chi connectivity index (χ1n) is 9.23. The van der Waals surface area contributed by atoms with Crippen LogP contribution in [0, 0.1) is 5.92 Å². The predicted octanol–water partition coefficient (Wildman–Crippen LogP) is 6.89. The number of ketones is 1. The van der Waals surface area contributed by atoms with Gasteiger partial charge in [0.05, 0.1) is 20.2 Å². The van der Waals surface area contributed by atoms with Gasteiger partial charge in [-0.2, -0.15) is 0 Å². The van der Waals surface area contributed by atoms with E-state index in [4.69, 9.17) is 16.3 Å². The Morgan fingerprint density at radius 2 is 2.07 bits per heavy atom. The van der Waals surface area contributed by atoms with Crippen LogP contribution in [0.25, 0.3) is 16.3 Å². The zero-order valence-corrected chi connectivity index (χ0v) is 18.0. The fraction of sp³-hybridized carbons (Fsp3) is 0.318. The van der Waals surface area contributed by atoms with E-state index in [2.05, 4.69) is 23.8 Å². The number of thiazole rings is 1. The van der Waals surface area contributed by atoms with Crippen molar-refractivity contribution in [1.82, 2.24) is 9.97 Å². The summed E-state index contributed by atoms with van der Waals surface area (Å²) >= 11 is 8.02. The van der Waals surface area contributed by atoms with Crippen molar-refractivity contribution in [3.63, 3.8) is 0 Å². The Balaban J connectivity index is 1.74. The Bertz CT molecular complexity index is 1010. The number of aromatic nitrogens is 2. The molecule has 3 rings (SSSR count). The normalized spacial score (nSPS) is 12.8. The number of allylic oxidation sites excluding steroid dienone is 1. The summed E-state index contributed by atoms with van der Waals surface area (Å²) in [6, 6.07) is 7.49. The average molecular weight is 415 g/mol. The fourth-order valence-corrected chi connectivity index (χ4v) is 3.91. The highest BCUT2D eigenvalue weighted by Crippen LogP contribution is 2.36. The number of hydrogen-bond acceptors (Lipinski definition) is 5. The molecule has 0 aliphatic heterocycles. The van der Waals surface area contributed by atoms with Crippen molar-refractivity contribution in [1.29, 1.82) is 0 Å². The molecule has 0 saturated carbocycles. The molecule has 0 bridgehead atoms. The molecule has 146 valence electrons. The van der Waals surface area contributed by atoms with Gasteiger partial charge >= 0.3 is 0 Å². The van der Waals surface area contributed by atoms with Crippen LogP contribution in [-0.2, 0) is 4.79 Å². The van der Waals surface area contributed by atoms with Gasteiger partial charge in [-0.05, 0) is 30.5 Å². The largest absolute Gasteiger partial charge is 0.437 e. The maximum Gasteiger partial charge on any atom is 0.219 e. The van der Waals surface area contributed by atoms with Crippen LogP contribution >= 0.6 is 22.9 Å². The summed E-state index contributed by atoms with van der Waals surface area (Å²) in [6.07, 6.45) is 6.26. The molecule has 3 aromatic rings. The van der Waals surface area contributed by atoms with Gasteiger partial charge in [0.15, 0.2) is 0 Å². The van der Waals surface area contributed by atoms with E-state index >= 15 is 0 Å². The minimum atomic E-state index is 0.189. The Labute approximate surface area is 174 Å². The Kier molecular flexibility index (Phi) is 6.47. The number of nitrogens with zero attached hydrogens (tertiary/aromatic N) is 2. The van der Waals surface area contributed by atoms with E-state index in [0.717, 1.165) is 20.8 Å². The molecular weight excluding hydrogens is 392 g/mol. The lowest BCUT2D eigenvalue weighted by Crippen LogP contribution is -1.97. The number of hydrogen-bond donors (Lipinski definition) is 0. The second-order valence-electron chi connectivity index (χ2n) is 7.23. The molecule has 0 aliphatic rings. The smallest absolute Gasteiger partial charge is 0.219 e. The van der Waals surface area contributed by atoms with Crippen molar-refractivity contribution >= 4 is 45.0 Å². The molecule has 4 nitrogen and oxygen atoms in total. The first-order chi connectivity index (χ1) is 13.3. The Morgan fingerprint density at radius 1 is 1.29 bits per heavy atom. The Morgan fingerprint density at radius 3 is 2.71 bits per heavy atom. The van der Waals surface area contributed by atoms with E-state index in [1.807, 2.05) is 43.3 Å². The highest BCUT2D eigenvalue weighted by Gasteiger charge is 2.12. The van der Waals surface area contributed by atoms with Crippen LogP contribution in [0.4, 0.5) is 0 Å². The van der Waals surface area contributed by atoms with Gasteiger partial charge in [0.1, 0.15) is 11.5 Å². The van der Waals surface area contributed by atoms with Crippen LogP contribution in [0.15, 0.2) is 36.5 Å². The third-order valence-corrected chi connectivity index (χ3v) is 5.77. The number of carbonyl (C=O) groups excluding carboxylic acids is 1. The summed E-state index contributed by atoms with van der Waals surface area (Å²) in [5, 5.41) is 1.59. The number of halogens is 1. The number of rotatable bonds is 7. The van der Waals surface area contributed by atoms with Crippen molar-refractivity contribution < 1.29 is 9.53 Å². The fourth-order valence-electron chi connectivity index (χ4n) is 2.73. The van der Waals surface area contributed by atoms with Crippen LogP contribution in [0.1, 0.15) is 50.6 Å². The number of pyridine rings is 1. The van der Waals surface area contributed by atoms with Gasteiger partial charge in [-0.1, -0.05) is 44.5 Å². The molecule has 0 N–H and O–H groups in total. The maximum atomic E-state index is 11.2. The highest BCUT2D eigenvalue weighted by atomic mass is 35.5. The first kappa shape index (κ1) is 20.5. The van der Waals surface area contributed by atoms with Gasteiger partial charge in [0.25, 0.3) is 0 Å². The van der Waals surface area contributed by atoms with Crippen LogP contribution in [0.3, 0.4) is 0 Å². The standard InChI is InChI=1S/C22H23ClN2O2S/c1-13(2)22-25-18-10-17(23)19(11-20(18)28-22)27-21-8-7-16(12-24-21)6-5-14(3)9-15(4)26/h5-8,10-14H,9H2,1-4H3/b6-5+/t14-/m0/s1. The van der Waals surface area contributed by atoms with Crippen molar-refractivity contribution in [2.24, 2.45) is 5.92 Å². The topological polar surface area (TPSA) is 52.1 Å². The first-order valence-corrected chi connectivity index (χ1v) is 10.4. The summed E-state index contributed by atoms with van der Waals surface area (Å²) in [6.45, 7) is 7.87. The van der Waals surface area contributed by atoms with Gasteiger partial charge in [0, 0.05) is 30.7 Å². The number of Topliss-reactive ketones (excluding diaryl/α,β-unsaturated/α-hetero) is 1. The quantitative estimate of drug-likeness (QED) is 0.422. The molecule has 0 radical (unpaired) electrons. The van der Waals surface area contributed by atoms with E-state index < -0.39 is 0 Å². The van der Waals surface area contributed by atoms with E-state index in [9.17, 15) is 4.79 Å². The molecule has 28 heavy (non-hydrogen) atoms. The van der Waals surface area contributed by atoms with Crippen molar-refractivity contribution in [2.75, 3.05) is 0 Å². The summed E-state index contributed by atoms with van der Waals surface area (Å²) in [5.41, 5.74) is 1.84. The zero-order valence-electron chi connectivity index (χ0n) is 16.4. The molecule has 0 fully saturated rings. The molecule has 0 aliphatic carbocycles. The lowest BCUT2D eigenvalue weighted by molar-refractivity contribution is -0.117. The summed E-state index contributed by atoms with van der Waals surface area (Å²) < 4.78 is 6.93. The van der Waals surface area contributed by atoms with E-state index in [1.54, 1.807) is 24.5 Å². The zero-order chi connectivity index (χ0) is 20.3. The molecule has 1 aromatic carbocycles. The van der Waals surface area contributed by atoms with Crippen LogP contribution in [-0.4, -0.2) is 15.8 Å². The summed E-state index contributed by atoms with van der Waals surface area (Å²) in [7, 11) is 0.